The predicted octanol–water partition coefficient (Wildman–Crippen LogP) is 3.91. The normalized spacial score (nSPS) is 12.3. The number of benzene rings is 2. The van der Waals surface area contributed by atoms with Gasteiger partial charge in [-0.25, -0.2) is 0 Å². The summed E-state index contributed by atoms with van der Waals surface area (Å²) in [4.78, 5) is 6.26. The molecule has 0 aliphatic heterocycles. The van der Waals surface area contributed by atoms with E-state index in [1.807, 2.05) is 49.8 Å². The number of aliphatic hydroxyl groups is 1. The van der Waals surface area contributed by atoms with E-state index < -0.39 is 0 Å². The molecule has 1 unspecified atom stereocenters. The van der Waals surface area contributed by atoms with Crippen LogP contribution in [0.2, 0.25) is 0 Å². The van der Waals surface area contributed by atoms with E-state index in [0.717, 1.165) is 17.7 Å². The topological polar surface area (TPSA) is 36.4 Å². The van der Waals surface area contributed by atoms with Gasteiger partial charge in [0.05, 0.1) is 12.6 Å². The maximum atomic E-state index is 9.81. The van der Waals surface area contributed by atoms with Gasteiger partial charge in [0, 0.05) is 18.9 Å². The summed E-state index contributed by atoms with van der Waals surface area (Å²) in [6.07, 6.45) is 3.62. The van der Waals surface area contributed by atoms with Crippen molar-refractivity contribution in [1.82, 2.24) is 9.88 Å². The molecule has 1 atom stereocenters. The Labute approximate surface area is 143 Å². The molecule has 0 spiro atoms. The maximum Gasteiger partial charge on any atom is 0.0628 e. The third-order valence-electron chi connectivity index (χ3n) is 4.26. The first kappa shape index (κ1) is 16.4. The van der Waals surface area contributed by atoms with Crippen LogP contribution >= 0.6 is 0 Å². The summed E-state index contributed by atoms with van der Waals surface area (Å²) < 4.78 is 0. The lowest BCUT2D eigenvalue weighted by Crippen LogP contribution is -2.26. The summed E-state index contributed by atoms with van der Waals surface area (Å²) in [6.45, 7) is 0.879. The van der Waals surface area contributed by atoms with Gasteiger partial charge in [-0.1, -0.05) is 48.5 Å². The number of likely N-dealkylation sites (N-methyl/N-ethyl adjacent to an activating group) is 1. The van der Waals surface area contributed by atoms with Crippen LogP contribution in [0.15, 0.2) is 79.1 Å². The van der Waals surface area contributed by atoms with Crippen molar-refractivity contribution in [2.24, 2.45) is 0 Å². The van der Waals surface area contributed by atoms with Gasteiger partial charge < -0.3 is 5.11 Å². The van der Waals surface area contributed by atoms with Gasteiger partial charge in [-0.3, -0.25) is 9.88 Å². The zero-order valence-electron chi connectivity index (χ0n) is 13.8. The SMILES string of the molecule is CN(Cc1cccc(-c2ccncc2)c1)C(CO)c1ccccc1. The van der Waals surface area contributed by atoms with Crippen molar-refractivity contribution in [1.29, 1.82) is 0 Å². The summed E-state index contributed by atoms with van der Waals surface area (Å²) in [7, 11) is 2.05. The van der Waals surface area contributed by atoms with E-state index in [-0.39, 0.29) is 12.6 Å². The number of aromatic nitrogens is 1. The van der Waals surface area contributed by atoms with Crippen molar-refractivity contribution in [3.63, 3.8) is 0 Å². The van der Waals surface area contributed by atoms with Gasteiger partial charge in [0.25, 0.3) is 0 Å². The average Bonchev–Trinajstić information content (AvgIpc) is 2.64. The highest BCUT2D eigenvalue weighted by atomic mass is 16.3. The Morgan fingerprint density at radius 1 is 0.917 bits per heavy atom. The predicted molar refractivity (Wildman–Crippen MR) is 97.4 cm³/mol. The van der Waals surface area contributed by atoms with Crippen LogP contribution in [0.3, 0.4) is 0 Å². The average molecular weight is 318 g/mol. The third kappa shape index (κ3) is 3.88. The number of aliphatic hydroxyl groups excluding tert-OH is 1. The zero-order valence-corrected chi connectivity index (χ0v) is 13.8. The van der Waals surface area contributed by atoms with E-state index in [1.54, 1.807) is 0 Å². The second-order valence-corrected chi connectivity index (χ2v) is 5.96. The quantitative estimate of drug-likeness (QED) is 0.748. The van der Waals surface area contributed by atoms with Crippen molar-refractivity contribution in [3.05, 3.63) is 90.3 Å². The lowest BCUT2D eigenvalue weighted by molar-refractivity contribution is 0.142. The Bertz CT molecular complexity index is 759. The van der Waals surface area contributed by atoms with E-state index in [1.165, 1.54) is 11.1 Å². The molecule has 24 heavy (non-hydrogen) atoms. The molecule has 1 N–H and O–H groups in total. The molecular weight excluding hydrogens is 296 g/mol. The molecule has 1 heterocycles. The Hall–Kier alpha value is -2.49. The Morgan fingerprint density at radius 3 is 2.38 bits per heavy atom. The summed E-state index contributed by atoms with van der Waals surface area (Å²) in [5, 5.41) is 9.81. The monoisotopic (exact) mass is 318 g/mol. The van der Waals surface area contributed by atoms with E-state index in [0.29, 0.717) is 0 Å². The Balaban J connectivity index is 1.78. The lowest BCUT2D eigenvalue weighted by atomic mass is 10.0. The molecule has 0 amide bonds. The van der Waals surface area contributed by atoms with Crippen LogP contribution in [0.1, 0.15) is 17.2 Å². The lowest BCUT2D eigenvalue weighted by Gasteiger charge is -2.27. The molecule has 3 heteroatoms. The molecule has 0 radical (unpaired) electrons. The van der Waals surface area contributed by atoms with Crippen molar-refractivity contribution in [3.8, 4) is 11.1 Å². The molecule has 2 aromatic carbocycles. The first-order valence-corrected chi connectivity index (χ1v) is 8.13. The van der Waals surface area contributed by atoms with Crippen LogP contribution in [0.25, 0.3) is 11.1 Å². The number of hydrogen-bond donors (Lipinski definition) is 1. The summed E-state index contributed by atoms with van der Waals surface area (Å²) in [5.74, 6) is 0. The molecule has 0 saturated heterocycles. The van der Waals surface area contributed by atoms with Crippen LogP contribution in [0, 0.1) is 0 Å². The molecule has 0 saturated carbocycles. The minimum Gasteiger partial charge on any atom is -0.394 e. The third-order valence-corrected chi connectivity index (χ3v) is 4.26. The fraction of sp³-hybridized carbons (Fsp3) is 0.190. The van der Waals surface area contributed by atoms with Crippen LogP contribution in [-0.2, 0) is 6.54 Å². The smallest absolute Gasteiger partial charge is 0.0628 e. The van der Waals surface area contributed by atoms with E-state index in [9.17, 15) is 5.11 Å². The van der Waals surface area contributed by atoms with Crippen LogP contribution in [-0.4, -0.2) is 28.6 Å². The zero-order chi connectivity index (χ0) is 16.8. The summed E-state index contributed by atoms with van der Waals surface area (Å²) in [6, 6.07) is 22.7. The van der Waals surface area contributed by atoms with Crippen molar-refractivity contribution < 1.29 is 5.11 Å². The first-order valence-electron chi connectivity index (χ1n) is 8.13. The van der Waals surface area contributed by atoms with Gasteiger partial charge in [0.1, 0.15) is 0 Å². The molecule has 0 bridgehead atoms. The molecule has 0 aliphatic carbocycles. The summed E-state index contributed by atoms with van der Waals surface area (Å²) >= 11 is 0. The van der Waals surface area contributed by atoms with Gasteiger partial charge in [0.2, 0.25) is 0 Å². The molecule has 1 aromatic heterocycles. The number of hydrogen-bond acceptors (Lipinski definition) is 3. The number of pyridine rings is 1. The summed E-state index contributed by atoms with van der Waals surface area (Å²) in [5.41, 5.74) is 4.70. The van der Waals surface area contributed by atoms with Crippen molar-refractivity contribution >= 4 is 0 Å². The van der Waals surface area contributed by atoms with Crippen LogP contribution in [0.5, 0.6) is 0 Å². The van der Waals surface area contributed by atoms with Gasteiger partial charge in [-0.15, -0.1) is 0 Å². The molecule has 122 valence electrons. The number of nitrogens with zero attached hydrogens (tertiary/aromatic N) is 2. The van der Waals surface area contributed by atoms with Crippen LogP contribution in [0.4, 0.5) is 0 Å². The molecule has 0 aliphatic rings. The van der Waals surface area contributed by atoms with Crippen molar-refractivity contribution in [2.45, 2.75) is 12.6 Å². The largest absolute Gasteiger partial charge is 0.394 e. The van der Waals surface area contributed by atoms with Gasteiger partial charge in [-0.05, 0) is 47.5 Å². The highest BCUT2D eigenvalue weighted by Crippen LogP contribution is 2.23. The second-order valence-electron chi connectivity index (χ2n) is 5.96. The van der Waals surface area contributed by atoms with Gasteiger partial charge in [-0.2, -0.15) is 0 Å². The van der Waals surface area contributed by atoms with Crippen LogP contribution < -0.4 is 0 Å². The van der Waals surface area contributed by atoms with Gasteiger partial charge >= 0.3 is 0 Å². The maximum absolute atomic E-state index is 9.81. The molecular formula is C21H22N2O. The standard InChI is InChI=1S/C21H22N2O/c1-23(21(16-24)19-7-3-2-4-8-19)15-17-6-5-9-20(14-17)18-10-12-22-13-11-18/h2-14,21,24H,15-16H2,1H3. The highest BCUT2D eigenvalue weighted by molar-refractivity contribution is 5.63. The Morgan fingerprint density at radius 2 is 1.67 bits per heavy atom. The van der Waals surface area contributed by atoms with E-state index in [2.05, 4.69) is 46.3 Å². The highest BCUT2D eigenvalue weighted by Gasteiger charge is 2.16. The molecule has 3 aromatic rings. The van der Waals surface area contributed by atoms with E-state index in [4.69, 9.17) is 0 Å². The number of rotatable bonds is 6. The first-order chi connectivity index (χ1) is 11.8. The molecule has 3 rings (SSSR count). The van der Waals surface area contributed by atoms with E-state index >= 15 is 0 Å². The fourth-order valence-corrected chi connectivity index (χ4v) is 2.97. The molecule has 0 fully saturated rings. The minimum atomic E-state index is -0.00391. The molecule has 3 nitrogen and oxygen atoms in total. The van der Waals surface area contributed by atoms with Gasteiger partial charge in [0.15, 0.2) is 0 Å². The van der Waals surface area contributed by atoms with Crippen molar-refractivity contribution in [2.75, 3.05) is 13.7 Å². The second kappa shape index (κ2) is 7.86. The fourth-order valence-electron chi connectivity index (χ4n) is 2.97. The Kier molecular flexibility index (Phi) is 5.36. The minimum absolute atomic E-state index is 0.00391.